The molecule has 0 radical (unpaired) electrons. The second kappa shape index (κ2) is 6.86. The number of aromatic nitrogens is 2. The zero-order chi connectivity index (χ0) is 14.5. The summed E-state index contributed by atoms with van der Waals surface area (Å²) < 4.78 is 0. The number of rotatable bonds is 5. The standard InChI is InChI=1S/C16H21N3S/c1-5-17-9-14-8-12(3)16(18-10-14)20-15-7-11(2)6-13(4)19-15/h6-8,10,17H,5,9H2,1-4H3. The number of hydrogen-bond acceptors (Lipinski definition) is 4. The first kappa shape index (κ1) is 15.0. The van der Waals surface area contributed by atoms with E-state index in [2.05, 4.69) is 54.3 Å². The lowest BCUT2D eigenvalue weighted by Gasteiger charge is -2.08. The van der Waals surface area contributed by atoms with Gasteiger partial charge in [-0.15, -0.1) is 0 Å². The van der Waals surface area contributed by atoms with Gasteiger partial charge in [-0.05, 0) is 67.9 Å². The first-order valence-corrected chi connectivity index (χ1v) is 7.69. The average molecular weight is 287 g/mol. The molecule has 0 unspecified atom stereocenters. The van der Waals surface area contributed by atoms with Crippen molar-refractivity contribution in [2.24, 2.45) is 0 Å². The van der Waals surface area contributed by atoms with Gasteiger partial charge in [0.25, 0.3) is 0 Å². The molecule has 2 rings (SSSR count). The second-order valence-electron chi connectivity index (χ2n) is 4.97. The maximum Gasteiger partial charge on any atom is 0.105 e. The van der Waals surface area contributed by atoms with Gasteiger partial charge in [0.2, 0.25) is 0 Å². The van der Waals surface area contributed by atoms with Crippen molar-refractivity contribution in [2.75, 3.05) is 6.54 Å². The van der Waals surface area contributed by atoms with Crippen LogP contribution in [0.4, 0.5) is 0 Å². The van der Waals surface area contributed by atoms with Gasteiger partial charge in [-0.25, -0.2) is 9.97 Å². The molecule has 3 nitrogen and oxygen atoms in total. The quantitative estimate of drug-likeness (QED) is 0.910. The SMILES string of the molecule is CCNCc1cnc(Sc2cc(C)cc(C)n2)c(C)c1. The van der Waals surface area contributed by atoms with Gasteiger partial charge in [-0.3, -0.25) is 0 Å². The van der Waals surface area contributed by atoms with Crippen molar-refractivity contribution in [3.63, 3.8) is 0 Å². The van der Waals surface area contributed by atoms with E-state index >= 15 is 0 Å². The van der Waals surface area contributed by atoms with Crippen LogP contribution < -0.4 is 5.32 Å². The summed E-state index contributed by atoms with van der Waals surface area (Å²) in [5.41, 5.74) is 4.71. The van der Waals surface area contributed by atoms with Gasteiger partial charge in [0.1, 0.15) is 10.1 Å². The summed E-state index contributed by atoms with van der Waals surface area (Å²) in [6.45, 7) is 10.2. The number of aryl methyl sites for hydroxylation is 3. The zero-order valence-electron chi connectivity index (χ0n) is 12.5. The smallest absolute Gasteiger partial charge is 0.105 e. The van der Waals surface area contributed by atoms with Crippen molar-refractivity contribution in [3.05, 3.63) is 46.8 Å². The third kappa shape index (κ3) is 4.05. The molecular formula is C16H21N3S. The van der Waals surface area contributed by atoms with E-state index in [1.165, 1.54) is 16.7 Å². The highest BCUT2D eigenvalue weighted by Gasteiger charge is 2.06. The van der Waals surface area contributed by atoms with E-state index in [-0.39, 0.29) is 0 Å². The Hall–Kier alpha value is -1.39. The molecule has 0 amide bonds. The number of nitrogens with one attached hydrogen (secondary N) is 1. The molecule has 0 saturated heterocycles. The van der Waals surface area contributed by atoms with E-state index in [4.69, 9.17) is 0 Å². The minimum atomic E-state index is 0.872. The lowest BCUT2D eigenvalue weighted by Crippen LogP contribution is -2.12. The topological polar surface area (TPSA) is 37.8 Å². The summed E-state index contributed by atoms with van der Waals surface area (Å²) in [6, 6.07) is 6.38. The highest BCUT2D eigenvalue weighted by molar-refractivity contribution is 7.99. The lowest BCUT2D eigenvalue weighted by molar-refractivity contribution is 0.721. The van der Waals surface area contributed by atoms with Gasteiger partial charge in [0.15, 0.2) is 0 Å². The normalized spacial score (nSPS) is 10.8. The minimum Gasteiger partial charge on any atom is -0.313 e. The van der Waals surface area contributed by atoms with Crippen molar-refractivity contribution >= 4 is 11.8 Å². The third-order valence-electron chi connectivity index (χ3n) is 2.94. The molecule has 2 aromatic rings. The first-order valence-electron chi connectivity index (χ1n) is 6.88. The van der Waals surface area contributed by atoms with E-state index in [1.54, 1.807) is 11.8 Å². The first-order chi connectivity index (χ1) is 9.58. The maximum atomic E-state index is 4.57. The Bertz CT molecular complexity index is 576. The Morgan fingerprint density at radius 1 is 1.15 bits per heavy atom. The average Bonchev–Trinajstić information content (AvgIpc) is 2.38. The molecule has 2 heterocycles. The molecular weight excluding hydrogens is 266 g/mol. The number of pyridine rings is 2. The van der Waals surface area contributed by atoms with Crippen LogP contribution in [-0.4, -0.2) is 16.5 Å². The zero-order valence-corrected chi connectivity index (χ0v) is 13.3. The van der Waals surface area contributed by atoms with Crippen molar-refractivity contribution in [1.29, 1.82) is 0 Å². The van der Waals surface area contributed by atoms with Gasteiger partial charge < -0.3 is 5.32 Å². The van der Waals surface area contributed by atoms with E-state index in [0.29, 0.717) is 0 Å². The fraction of sp³-hybridized carbons (Fsp3) is 0.375. The number of hydrogen-bond donors (Lipinski definition) is 1. The summed E-state index contributed by atoms with van der Waals surface area (Å²) >= 11 is 1.63. The molecule has 0 aliphatic carbocycles. The van der Waals surface area contributed by atoms with E-state index in [1.807, 2.05) is 13.1 Å². The van der Waals surface area contributed by atoms with E-state index < -0.39 is 0 Å². The molecule has 0 saturated carbocycles. The highest BCUT2D eigenvalue weighted by atomic mass is 32.2. The summed E-state index contributed by atoms with van der Waals surface area (Å²) in [5, 5.41) is 5.36. The summed E-state index contributed by atoms with van der Waals surface area (Å²) in [7, 11) is 0. The molecule has 0 fully saturated rings. The van der Waals surface area contributed by atoms with Gasteiger partial charge in [-0.2, -0.15) is 0 Å². The summed E-state index contributed by atoms with van der Waals surface area (Å²) in [5.74, 6) is 0. The van der Waals surface area contributed by atoms with Crippen molar-refractivity contribution in [3.8, 4) is 0 Å². The number of nitrogens with zero attached hydrogens (tertiary/aromatic N) is 2. The third-order valence-corrected chi connectivity index (χ3v) is 3.98. The molecule has 1 N–H and O–H groups in total. The molecule has 2 aromatic heterocycles. The molecule has 0 aliphatic rings. The van der Waals surface area contributed by atoms with Gasteiger partial charge in [0.05, 0.1) is 0 Å². The largest absolute Gasteiger partial charge is 0.313 e. The van der Waals surface area contributed by atoms with Crippen molar-refractivity contribution < 1.29 is 0 Å². The van der Waals surface area contributed by atoms with Gasteiger partial charge in [0, 0.05) is 18.4 Å². The summed E-state index contributed by atoms with van der Waals surface area (Å²) in [6.07, 6.45) is 1.95. The molecule has 0 aromatic carbocycles. The maximum absolute atomic E-state index is 4.57. The Balaban J connectivity index is 2.16. The van der Waals surface area contributed by atoms with Crippen LogP contribution in [0, 0.1) is 20.8 Å². The molecule has 106 valence electrons. The fourth-order valence-electron chi connectivity index (χ4n) is 2.05. The lowest BCUT2D eigenvalue weighted by atomic mass is 10.2. The Labute approximate surface area is 125 Å². The Morgan fingerprint density at radius 3 is 2.60 bits per heavy atom. The van der Waals surface area contributed by atoms with Crippen LogP contribution in [0.2, 0.25) is 0 Å². The predicted molar refractivity (Wildman–Crippen MR) is 84.2 cm³/mol. The van der Waals surface area contributed by atoms with Crippen molar-refractivity contribution in [2.45, 2.75) is 44.3 Å². The molecule has 0 atom stereocenters. The second-order valence-corrected chi connectivity index (χ2v) is 5.98. The predicted octanol–water partition coefficient (Wildman–Crippen LogP) is 3.66. The molecule has 20 heavy (non-hydrogen) atoms. The van der Waals surface area contributed by atoms with Crippen LogP contribution in [0.15, 0.2) is 34.4 Å². The van der Waals surface area contributed by atoms with Crippen LogP contribution in [0.1, 0.15) is 29.3 Å². The van der Waals surface area contributed by atoms with Gasteiger partial charge >= 0.3 is 0 Å². The van der Waals surface area contributed by atoms with Crippen LogP contribution in [-0.2, 0) is 6.54 Å². The molecule has 0 aliphatic heterocycles. The monoisotopic (exact) mass is 287 g/mol. The van der Waals surface area contributed by atoms with Gasteiger partial charge in [-0.1, -0.05) is 13.0 Å². The van der Waals surface area contributed by atoms with Crippen LogP contribution in [0.25, 0.3) is 0 Å². The van der Waals surface area contributed by atoms with E-state index in [0.717, 1.165) is 28.8 Å². The van der Waals surface area contributed by atoms with Crippen LogP contribution >= 0.6 is 11.8 Å². The van der Waals surface area contributed by atoms with E-state index in [9.17, 15) is 0 Å². The highest BCUT2D eigenvalue weighted by Crippen LogP contribution is 2.28. The Morgan fingerprint density at radius 2 is 1.95 bits per heavy atom. The molecule has 4 heteroatoms. The molecule has 0 bridgehead atoms. The minimum absolute atomic E-state index is 0.872. The molecule has 0 spiro atoms. The Kier molecular flexibility index (Phi) is 5.15. The van der Waals surface area contributed by atoms with Crippen molar-refractivity contribution in [1.82, 2.24) is 15.3 Å². The van der Waals surface area contributed by atoms with Crippen LogP contribution in [0.5, 0.6) is 0 Å². The fourth-order valence-corrected chi connectivity index (χ4v) is 3.01. The van der Waals surface area contributed by atoms with Crippen LogP contribution in [0.3, 0.4) is 0 Å². The summed E-state index contributed by atoms with van der Waals surface area (Å²) in [4.78, 5) is 9.12.